The van der Waals surface area contributed by atoms with Crippen molar-refractivity contribution in [3.63, 3.8) is 0 Å². The van der Waals surface area contributed by atoms with Gasteiger partial charge in [-0.15, -0.1) is 0 Å². The number of hydrogen-bond acceptors (Lipinski definition) is 0. The maximum Gasteiger partial charge on any atom is 1.00 e. The second-order valence-corrected chi connectivity index (χ2v) is 0. The Balaban J connectivity index is 0. The first-order valence-electron chi connectivity index (χ1n) is 0. The average molecular weight is 449 g/mol. The zero-order valence-corrected chi connectivity index (χ0v) is 14.0. The summed E-state index contributed by atoms with van der Waals surface area (Å²) in [6.45, 7) is 0. The molecule has 0 N–H and O–H groups in total. The van der Waals surface area contributed by atoms with Gasteiger partial charge >= 0.3 is 101 Å². The van der Waals surface area contributed by atoms with Gasteiger partial charge in [-0.2, -0.15) is 0 Å². The molecule has 0 rings (SSSR count). The fourth-order valence-corrected chi connectivity index (χ4v) is 0. The van der Waals surface area contributed by atoms with Crippen molar-refractivity contribution in [3.8, 4) is 0 Å². The molecule has 5 heavy (non-hydrogen) atoms. The predicted molar refractivity (Wildman–Crippen MR) is 17.9 cm³/mol. The van der Waals surface area contributed by atoms with Crippen LogP contribution in [0.3, 0.4) is 0 Å². The third-order valence-corrected chi connectivity index (χ3v) is 0. The van der Waals surface area contributed by atoms with Gasteiger partial charge in [0.15, 0.2) is 0 Å². The van der Waals surface area contributed by atoms with Gasteiger partial charge in [0.2, 0.25) is 0 Å². The molecule has 0 saturated carbocycles. The van der Waals surface area contributed by atoms with E-state index in [1.54, 1.807) is 0 Å². The van der Waals surface area contributed by atoms with Gasteiger partial charge in [-0.3, -0.25) is 0 Å². The molecular formula is H5AgGaKNaTl. The van der Waals surface area contributed by atoms with Crippen LogP contribution in [0.2, 0.25) is 0 Å². The van der Waals surface area contributed by atoms with Crippen LogP contribution in [0.4, 0.5) is 0 Å². The van der Waals surface area contributed by atoms with Crippen molar-refractivity contribution in [1.29, 1.82) is 0 Å². The van der Waals surface area contributed by atoms with Crippen LogP contribution >= 0.6 is 0 Å². The Hall–Kier alpha value is 4.94. The molecule has 2 radical (unpaired) electrons. The molecule has 0 aliphatic rings. The number of hydrogen-bond donors (Lipinski definition) is 0. The minimum absolute atomic E-state index is 0. The summed E-state index contributed by atoms with van der Waals surface area (Å²) in [5.74, 6) is 0. The Labute approximate surface area is 149 Å². The first-order valence-corrected chi connectivity index (χ1v) is 0. The molecule has 0 unspecified atom stereocenters. The summed E-state index contributed by atoms with van der Waals surface area (Å²) in [5.41, 5.74) is 0. The van der Waals surface area contributed by atoms with Crippen LogP contribution in [0.15, 0.2) is 0 Å². The Morgan fingerprint density at radius 1 is 1.20 bits per heavy atom. The molecule has 5 heteroatoms. The van der Waals surface area contributed by atoms with Crippen LogP contribution in [0, 0.1) is 0 Å². The molecule has 0 nitrogen and oxygen atoms in total. The molecule has 0 heterocycles. The van der Waals surface area contributed by atoms with Crippen molar-refractivity contribution in [2.75, 3.05) is 0 Å². The molecular weight excluding hydrogens is 444 g/mol. The van der Waals surface area contributed by atoms with E-state index in [1.807, 2.05) is 0 Å². The van der Waals surface area contributed by atoms with Crippen LogP contribution in [-0.4, -0.2) is 47.1 Å². The Kier molecular flexibility index (Phi) is 150. The van der Waals surface area contributed by atoms with Crippen LogP contribution in [0.1, 0.15) is 2.85 Å². The van der Waals surface area contributed by atoms with Gasteiger partial charge in [-0.05, 0) is 0 Å². The summed E-state index contributed by atoms with van der Waals surface area (Å²) >= 11 is 0. The molecule has 0 spiro atoms. The SMILES string of the molecule is [Ag].[GaH3].[H-].[H-].[K+].[Na+].[Tl]. The molecule has 0 amide bonds. The van der Waals surface area contributed by atoms with Crippen molar-refractivity contribution in [2.24, 2.45) is 0 Å². The summed E-state index contributed by atoms with van der Waals surface area (Å²) in [6.07, 6.45) is 0. The standard InChI is InChI=1S/Ag.Ga.K.Na.Tl.5H/q;;2*+1;;;;;2*-1. The second kappa shape index (κ2) is 23.1. The van der Waals surface area contributed by atoms with E-state index >= 15 is 0 Å². The van der Waals surface area contributed by atoms with Crippen LogP contribution < -0.4 is 80.9 Å². The van der Waals surface area contributed by atoms with Crippen LogP contribution in [0.5, 0.6) is 0 Å². The third-order valence-electron chi connectivity index (χ3n) is 0. The average Bonchev–Trinajstić information content (AvgIpc) is 0. The first kappa shape index (κ1) is 32.6. The van der Waals surface area contributed by atoms with Crippen molar-refractivity contribution in [1.82, 2.24) is 0 Å². The van der Waals surface area contributed by atoms with Crippen molar-refractivity contribution in [3.05, 3.63) is 0 Å². The van der Waals surface area contributed by atoms with E-state index in [9.17, 15) is 0 Å². The summed E-state index contributed by atoms with van der Waals surface area (Å²) < 4.78 is 0. The van der Waals surface area contributed by atoms with E-state index in [2.05, 4.69) is 0 Å². The van der Waals surface area contributed by atoms with Gasteiger partial charge in [-0.1, -0.05) is 0 Å². The summed E-state index contributed by atoms with van der Waals surface area (Å²) in [7, 11) is 0. The molecule has 0 atom stereocenters. The van der Waals surface area contributed by atoms with Gasteiger partial charge in [0.25, 0.3) is 0 Å². The summed E-state index contributed by atoms with van der Waals surface area (Å²) in [5, 5.41) is 0. The predicted octanol–water partition coefficient (Wildman–Crippen LogP) is -7.33. The minimum atomic E-state index is 0. The van der Waals surface area contributed by atoms with E-state index in [1.165, 1.54) is 0 Å². The normalized spacial score (nSPS) is 0. The zero-order valence-electron chi connectivity index (χ0n) is 4.88. The van der Waals surface area contributed by atoms with Crippen LogP contribution in [-0.2, 0) is 22.4 Å². The second-order valence-electron chi connectivity index (χ2n) is 0. The molecule has 0 aromatic rings. The largest absolute Gasteiger partial charge is 1.00 e. The first-order chi connectivity index (χ1) is 0. The van der Waals surface area contributed by atoms with Gasteiger partial charge in [-0.25, -0.2) is 0 Å². The third kappa shape index (κ3) is 17.6. The van der Waals surface area contributed by atoms with Gasteiger partial charge in [0, 0.05) is 49.7 Å². The smallest absolute Gasteiger partial charge is 1.00 e. The maximum atomic E-state index is 0. The molecule has 0 bridgehead atoms. The Morgan fingerprint density at radius 2 is 1.20 bits per heavy atom. The van der Waals surface area contributed by atoms with Crippen LogP contribution in [0.25, 0.3) is 0 Å². The molecule has 0 fully saturated rings. The van der Waals surface area contributed by atoms with Gasteiger partial charge in [0.1, 0.15) is 0 Å². The molecule has 0 aromatic carbocycles. The van der Waals surface area contributed by atoms with Gasteiger partial charge in [0.05, 0.1) is 0 Å². The number of rotatable bonds is 0. The zero-order chi connectivity index (χ0) is 0. The molecule has 24 valence electrons. The molecule has 0 aliphatic heterocycles. The quantitative estimate of drug-likeness (QED) is 0.323. The van der Waals surface area contributed by atoms with Crippen molar-refractivity contribution < 1.29 is 106 Å². The summed E-state index contributed by atoms with van der Waals surface area (Å²) in [6, 6.07) is 0. The minimum Gasteiger partial charge on any atom is -1.00 e. The van der Waals surface area contributed by atoms with E-state index < -0.39 is 0 Å². The van der Waals surface area contributed by atoms with E-state index in [0.29, 0.717) is 0 Å². The molecule has 0 aromatic heterocycles. The van der Waals surface area contributed by atoms with Crippen molar-refractivity contribution >= 4 is 47.1 Å². The Morgan fingerprint density at radius 3 is 1.20 bits per heavy atom. The van der Waals surface area contributed by atoms with E-state index in [0.717, 1.165) is 0 Å². The van der Waals surface area contributed by atoms with Crippen molar-refractivity contribution in [2.45, 2.75) is 0 Å². The fraction of sp³-hybridized carbons (Fsp3) is 0. The van der Waals surface area contributed by atoms with E-state index in [4.69, 9.17) is 0 Å². The topological polar surface area (TPSA) is 0 Å². The monoisotopic (exact) mass is 448 g/mol. The molecule has 0 aliphatic carbocycles. The van der Waals surface area contributed by atoms with Gasteiger partial charge < -0.3 is 2.85 Å². The fourth-order valence-electron chi connectivity index (χ4n) is 0. The maximum absolute atomic E-state index is 0. The van der Waals surface area contributed by atoms with E-state index in [-0.39, 0.29) is 153 Å². The Bertz CT molecular complexity index is 17.7. The summed E-state index contributed by atoms with van der Waals surface area (Å²) in [4.78, 5) is 0. The molecule has 0 saturated heterocycles.